The highest BCUT2D eigenvalue weighted by atomic mass is 35.5. The van der Waals surface area contributed by atoms with Gasteiger partial charge in [-0.15, -0.1) is 0 Å². The fraction of sp³-hybridized carbons (Fsp3) is 0.278. The number of hydrogen-bond donors (Lipinski definition) is 2. The predicted octanol–water partition coefficient (Wildman–Crippen LogP) is 3.81. The first-order chi connectivity index (χ1) is 10.6. The summed E-state index contributed by atoms with van der Waals surface area (Å²) >= 11 is 5.85. The van der Waals surface area contributed by atoms with E-state index in [1.165, 1.54) is 11.1 Å². The van der Waals surface area contributed by atoms with Crippen molar-refractivity contribution in [2.45, 2.75) is 19.8 Å². The van der Waals surface area contributed by atoms with Crippen molar-refractivity contribution < 1.29 is 4.79 Å². The molecule has 2 aromatic rings. The van der Waals surface area contributed by atoms with E-state index < -0.39 is 0 Å². The number of amides is 1. The molecule has 0 heterocycles. The molecule has 0 fully saturated rings. The molecule has 0 aromatic heterocycles. The van der Waals surface area contributed by atoms with Crippen molar-refractivity contribution in [2.24, 2.45) is 0 Å². The van der Waals surface area contributed by atoms with Gasteiger partial charge in [0.2, 0.25) is 5.91 Å². The van der Waals surface area contributed by atoms with Crippen LogP contribution in [0.4, 0.5) is 5.69 Å². The van der Waals surface area contributed by atoms with E-state index in [2.05, 4.69) is 10.6 Å². The van der Waals surface area contributed by atoms with Gasteiger partial charge in [-0.3, -0.25) is 4.79 Å². The molecule has 1 amide bonds. The van der Waals surface area contributed by atoms with Crippen molar-refractivity contribution in [1.29, 1.82) is 0 Å². The number of rotatable bonds is 7. The number of carbonyl (C=O) groups excluding carboxylic acids is 1. The molecule has 116 valence electrons. The van der Waals surface area contributed by atoms with Crippen LogP contribution in [0.2, 0.25) is 5.02 Å². The lowest BCUT2D eigenvalue weighted by Crippen LogP contribution is -2.23. The van der Waals surface area contributed by atoms with E-state index in [9.17, 15) is 4.79 Å². The fourth-order valence-corrected chi connectivity index (χ4v) is 2.20. The Morgan fingerprint density at radius 3 is 2.36 bits per heavy atom. The molecule has 0 aliphatic rings. The van der Waals surface area contributed by atoms with Crippen molar-refractivity contribution in [2.75, 3.05) is 18.4 Å². The maximum Gasteiger partial charge on any atom is 0.225 e. The molecule has 2 N–H and O–H groups in total. The monoisotopic (exact) mass is 316 g/mol. The van der Waals surface area contributed by atoms with E-state index in [1.807, 2.05) is 55.5 Å². The molecule has 0 saturated heterocycles. The first kappa shape index (κ1) is 16.5. The molecular formula is C18H21ClN2O. The van der Waals surface area contributed by atoms with E-state index in [-0.39, 0.29) is 5.91 Å². The number of hydrogen-bond acceptors (Lipinski definition) is 2. The SMILES string of the molecule is Cc1ccc(NC(=O)CCNCCc2ccc(Cl)cc2)cc1. The number of halogens is 1. The lowest BCUT2D eigenvalue weighted by molar-refractivity contribution is -0.116. The van der Waals surface area contributed by atoms with Crippen LogP contribution in [0.3, 0.4) is 0 Å². The molecule has 22 heavy (non-hydrogen) atoms. The average Bonchev–Trinajstić information content (AvgIpc) is 2.51. The highest BCUT2D eigenvalue weighted by Crippen LogP contribution is 2.10. The smallest absolute Gasteiger partial charge is 0.225 e. The molecule has 0 saturated carbocycles. The van der Waals surface area contributed by atoms with Gasteiger partial charge in [0.15, 0.2) is 0 Å². The summed E-state index contributed by atoms with van der Waals surface area (Å²) in [4.78, 5) is 11.8. The third kappa shape index (κ3) is 5.88. The Morgan fingerprint density at radius 2 is 1.68 bits per heavy atom. The summed E-state index contributed by atoms with van der Waals surface area (Å²) in [5, 5.41) is 6.92. The van der Waals surface area contributed by atoms with Crippen LogP contribution in [-0.2, 0) is 11.2 Å². The molecule has 0 spiro atoms. The molecule has 0 atom stereocenters. The highest BCUT2D eigenvalue weighted by molar-refractivity contribution is 6.30. The Bertz CT molecular complexity index is 593. The first-order valence-corrected chi connectivity index (χ1v) is 7.83. The van der Waals surface area contributed by atoms with Gasteiger partial charge in [-0.05, 0) is 49.7 Å². The molecular weight excluding hydrogens is 296 g/mol. The molecule has 2 rings (SSSR count). The van der Waals surface area contributed by atoms with Crippen molar-refractivity contribution in [1.82, 2.24) is 5.32 Å². The molecule has 0 bridgehead atoms. The molecule has 0 unspecified atom stereocenters. The van der Waals surface area contributed by atoms with Crippen LogP contribution < -0.4 is 10.6 Å². The number of carbonyl (C=O) groups is 1. The lowest BCUT2D eigenvalue weighted by Gasteiger charge is -2.07. The van der Waals surface area contributed by atoms with Gasteiger partial charge >= 0.3 is 0 Å². The van der Waals surface area contributed by atoms with E-state index in [0.29, 0.717) is 13.0 Å². The summed E-state index contributed by atoms with van der Waals surface area (Å²) in [5.41, 5.74) is 3.26. The number of benzene rings is 2. The summed E-state index contributed by atoms with van der Waals surface area (Å²) in [5.74, 6) is 0.0304. The standard InChI is InChI=1S/C18H21ClN2O/c1-14-2-8-17(9-3-14)21-18(22)11-13-20-12-10-15-4-6-16(19)7-5-15/h2-9,20H,10-13H2,1H3,(H,21,22). The minimum atomic E-state index is 0.0304. The minimum absolute atomic E-state index is 0.0304. The summed E-state index contributed by atoms with van der Waals surface area (Å²) in [6.45, 7) is 3.54. The summed E-state index contributed by atoms with van der Waals surface area (Å²) in [6.07, 6.45) is 1.39. The zero-order valence-electron chi connectivity index (χ0n) is 12.7. The second kappa shape index (κ2) is 8.57. The van der Waals surface area contributed by atoms with Crippen molar-refractivity contribution in [3.8, 4) is 0 Å². The Hall–Kier alpha value is -1.84. The summed E-state index contributed by atoms with van der Waals surface area (Å²) in [6, 6.07) is 15.6. The molecule has 4 heteroatoms. The second-order valence-corrected chi connectivity index (χ2v) is 5.73. The van der Waals surface area contributed by atoms with Crippen LogP contribution in [-0.4, -0.2) is 19.0 Å². The van der Waals surface area contributed by atoms with Crippen LogP contribution in [0.1, 0.15) is 17.5 Å². The van der Waals surface area contributed by atoms with Crippen molar-refractivity contribution in [3.63, 3.8) is 0 Å². The van der Waals surface area contributed by atoms with Gasteiger partial charge in [0.25, 0.3) is 0 Å². The topological polar surface area (TPSA) is 41.1 Å². The summed E-state index contributed by atoms with van der Waals surface area (Å²) in [7, 11) is 0. The average molecular weight is 317 g/mol. The Balaban J connectivity index is 1.61. The fourth-order valence-electron chi connectivity index (χ4n) is 2.07. The van der Waals surface area contributed by atoms with Gasteiger partial charge in [0, 0.05) is 23.7 Å². The quantitative estimate of drug-likeness (QED) is 0.763. The Labute approximate surface area is 136 Å². The van der Waals surface area contributed by atoms with Crippen LogP contribution in [0.5, 0.6) is 0 Å². The second-order valence-electron chi connectivity index (χ2n) is 5.29. The third-order valence-electron chi connectivity index (χ3n) is 3.37. The minimum Gasteiger partial charge on any atom is -0.326 e. The van der Waals surface area contributed by atoms with E-state index >= 15 is 0 Å². The van der Waals surface area contributed by atoms with Crippen molar-refractivity contribution in [3.05, 3.63) is 64.7 Å². The first-order valence-electron chi connectivity index (χ1n) is 7.45. The molecule has 0 radical (unpaired) electrons. The molecule has 2 aromatic carbocycles. The van der Waals surface area contributed by atoms with Gasteiger partial charge in [-0.1, -0.05) is 41.4 Å². The van der Waals surface area contributed by atoms with Gasteiger partial charge < -0.3 is 10.6 Å². The molecule has 3 nitrogen and oxygen atoms in total. The van der Waals surface area contributed by atoms with Crippen LogP contribution in [0.25, 0.3) is 0 Å². The van der Waals surface area contributed by atoms with Crippen LogP contribution in [0.15, 0.2) is 48.5 Å². The van der Waals surface area contributed by atoms with E-state index in [4.69, 9.17) is 11.6 Å². The van der Waals surface area contributed by atoms with Crippen LogP contribution >= 0.6 is 11.6 Å². The van der Waals surface area contributed by atoms with Gasteiger partial charge in [-0.2, -0.15) is 0 Å². The van der Waals surface area contributed by atoms with E-state index in [0.717, 1.165) is 23.7 Å². The number of nitrogens with one attached hydrogen (secondary N) is 2. The molecule has 0 aliphatic carbocycles. The maximum atomic E-state index is 11.8. The van der Waals surface area contributed by atoms with Gasteiger partial charge in [-0.25, -0.2) is 0 Å². The largest absolute Gasteiger partial charge is 0.326 e. The summed E-state index contributed by atoms with van der Waals surface area (Å²) < 4.78 is 0. The predicted molar refractivity (Wildman–Crippen MR) is 92.5 cm³/mol. The van der Waals surface area contributed by atoms with Crippen LogP contribution in [0, 0.1) is 6.92 Å². The maximum absolute atomic E-state index is 11.8. The normalized spacial score (nSPS) is 10.5. The zero-order valence-corrected chi connectivity index (χ0v) is 13.5. The van der Waals surface area contributed by atoms with E-state index in [1.54, 1.807) is 0 Å². The third-order valence-corrected chi connectivity index (χ3v) is 3.62. The number of aryl methyl sites for hydroxylation is 1. The van der Waals surface area contributed by atoms with Gasteiger partial charge in [0.1, 0.15) is 0 Å². The Kier molecular flexibility index (Phi) is 6.44. The number of anilines is 1. The molecule has 0 aliphatic heterocycles. The van der Waals surface area contributed by atoms with Crippen molar-refractivity contribution >= 4 is 23.2 Å². The Morgan fingerprint density at radius 1 is 1.00 bits per heavy atom. The van der Waals surface area contributed by atoms with Gasteiger partial charge in [0.05, 0.1) is 0 Å². The zero-order chi connectivity index (χ0) is 15.8. The lowest BCUT2D eigenvalue weighted by atomic mass is 10.1. The highest BCUT2D eigenvalue weighted by Gasteiger charge is 2.01.